The highest BCUT2D eigenvalue weighted by Crippen LogP contribution is 2.57. The molecule has 0 N–H and O–H groups in total. The van der Waals surface area contributed by atoms with Gasteiger partial charge in [0, 0.05) is 7.26 Å². The van der Waals surface area contributed by atoms with Crippen LogP contribution in [0.2, 0.25) is 0 Å². The maximum atomic E-state index is 5.75. The van der Waals surface area contributed by atoms with Crippen LogP contribution in [0.3, 0.4) is 0 Å². The van der Waals surface area contributed by atoms with Gasteiger partial charge in [0.1, 0.15) is 0 Å². The molecule has 0 heterocycles. The van der Waals surface area contributed by atoms with Crippen LogP contribution >= 0.6 is 18.9 Å². The number of rotatable bonds is 5. The number of alkyl halides is 1. The molecule has 0 spiro atoms. The van der Waals surface area contributed by atoms with E-state index >= 15 is 0 Å². The molecule has 0 aromatic rings. The maximum absolute atomic E-state index is 5.75. The van der Waals surface area contributed by atoms with Gasteiger partial charge in [0.25, 0.3) is 0 Å². The minimum atomic E-state index is -0.571. The van der Waals surface area contributed by atoms with Crippen molar-refractivity contribution in [2.24, 2.45) is 0 Å². The number of hydrogen-bond donors (Lipinski definition) is 0. The lowest BCUT2D eigenvalue weighted by molar-refractivity contribution is 1.25. The average molecular weight is 182 g/mol. The predicted octanol–water partition coefficient (Wildman–Crippen LogP) is 3.30. The Morgan fingerprint density at radius 2 is 1.40 bits per heavy atom. The molecule has 0 aromatic carbocycles. The number of halogens is 1. The van der Waals surface area contributed by atoms with Gasteiger partial charge in [0.2, 0.25) is 0 Å². The molecule has 0 aliphatic carbocycles. The fourth-order valence-electron chi connectivity index (χ4n) is 1.32. The van der Waals surface area contributed by atoms with Crippen LogP contribution < -0.4 is 0 Å². The standard InChI is InChI=1S/C8H19ClP/c1-4-10(5-2,6-3)8-7-9/h4-8H2,1-3H3/q+1. The monoisotopic (exact) mass is 181 g/mol. The molecule has 62 valence electrons. The van der Waals surface area contributed by atoms with Crippen molar-refractivity contribution in [3.63, 3.8) is 0 Å². The number of hydrogen-bond acceptors (Lipinski definition) is 0. The lowest BCUT2D eigenvalue weighted by atomic mass is 10.9. The van der Waals surface area contributed by atoms with E-state index in [4.69, 9.17) is 11.6 Å². The smallest absolute Gasteiger partial charge is 0.0729 e. The molecular weight excluding hydrogens is 163 g/mol. The molecular formula is C8H19ClP+. The van der Waals surface area contributed by atoms with Crippen molar-refractivity contribution in [1.29, 1.82) is 0 Å². The van der Waals surface area contributed by atoms with Crippen molar-refractivity contribution >= 4 is 18.9 Å². The summed E-state index contributed by atoms with van der Waals surface area (Å²) in [6.45, 7) is 6.94. The van der Waals surface area contributed by atoms with E-state index in [0.29, 0.717) is 0 Å². The van der Waals surface area contributed by atoms with Crippen molar-refractivity contribution in [2.75, 3.05) is 30.5 Å². The fourth-order valence-corrected chi connectivity index (χ4v) is 5.05. The minimum Gasteiger partial charge on any atom is -0.123 e. The van der Waals surface area contributed by atoms with Gasteiger partial charge in [-0.15, -0.1) is 11.6 Å². The summed E-state index contributed by atoms with van der Waals surface area (Å²) in [5, 5.41) is 0. The highest BCUT2D eigenvalue weighted by Gasteiger charge is 2.29. The van der Waals surface area contributed by atoms with Crippen LogP contribution in [0.15, 0.2) is 0 Å². The zero-order valence-electron chi connectivity index (χ0n) is 7.36. The lowest BCUT2D eigenvalue weighted by Gasteiger charge is -2.21. The summed E-state index contributed by atoms with van der Waals surface area (Å²) in [5.41, 5.74) is 0. The Balaban J connectivity index is 3.87. The molecule has 0 saturated carbocycles. The van der Waals surface area contributed by atoms with Gasteiger partial charge in [-0.2, -0.15) is 0 Å². The van der Waals surface area contributed by atoms with Gasteiger partial charge in [-0.25, -0.2) is 0 Å². The highest BCUT2D eigenvalue weighted by molar-refractivity contribution is 7.75. The quantitative estimate of drug-likeness (QED) is 0.451. The third kappa shape index (κ3) is 2.76. The minimum absolute atomic E-state index is 0.571. The summed E-state index contributed by atoms with van der Waals surface area (Å²) in [7, 11) is -0.571. The SMILES string of the molecule is CC[P+](CC)(CC)CCCl. The topological polar surface area (TPSA) is 0 Å². The largest absolute Gasteiger partial charge is 0.123 e. The van der Waals surface area contributed by atoms with Gasteiger partial charge in [0.15, 0.2) is 0 Å². The van der Waals surface area contributed by atoms with Crippen molar-refractivity contribution in [2.45, 2.75) is 20.8 Å². The van der Waals surface area contributed by atoms with Crippen LogP contribution in [0, 0.1) is 0 Å². The second-order valence-electron chi connectivity index (χ2n) is 2.70. The Morgan fingerprint density at radius 1 is 1.00 bits per heavy atom. The molecule has 0 nitrogen and oxygen atoms in total. The molecule has 0 saturated heterocycles. The van der Waals surface area contributed by atoms with E-state index in [1.54, 1.807) is 0 Å². The molecule has 0 atom stereocenters. The molecule has 0 aliphatic heterocycles. The van der Waals surface area contributed by atoms with Crippen molar-refractivity contribution in [1.82, 2.24) is 0 Å². The van der Waals surface area contributed by atoms with E-state index in [1.807, 2.05) is 0 Å². The summed E-state index contributed by atoms with van der Waals surface area (Å²) in [6.07, 6.45) is 5.43. The van der Waals surface area contributed by atoms with Crippen molar-refractivity contribution in [3.8, 4) is 0 Å². The summed E-state index contributed by atoms with van der Waals surface area (Å²) >= 11 is 5.75. The normalized spacial score (nSPS) is 12.0. The Kier molecular flexibility index (Phi) is 5.77. The predicted molar refractivity (Wildman–Crippen MR) is 54.1 cm³/mol. The fraction of sp³-hybridized carbons (Fsp3) is 1.00. The Morgan fingerprint density at radius 3 is 1.50 bits per heavy atom. The maximum Gasteiger partial charge on any atom is 0.0729 e. The summed E-state index contributed by atoms with van der Waals surface area (Å²) < 4.78 is 0. The van der Waals surface area contributed by atoms with Gasteiger partial charge >= 0.3 is 0 Å². The van der Waals surface area contributed by atoms with Gasteiger partial charge in [-0.3, -0.25) is 0 Å². The summed E-state index contributed by atoms with van der Waals surface area (Å²) in [4.78, 5) is 0. The molecule has 10 heavy (non-hydrogen) atoms. The first-order valence-electron chi connectivity index (χ1n) is 4.15. The van der Waals surface area contributed by atoms with E-state index in [1.165, 1.54) is 24.6 Å². The van der Waals surface area contributed by atoms with E-state index in [0.717, 1.165) is 5.88 Å². The van der Waals surface area contributed by atoms with Crippen molar-refractivity contribution < 1.29 is 0 Å². The van der Waals surface area contributed by atoms with Crippen LogP contribution in [0.1, 0.15) is 20.8 Å². The molecule has 0 radical (unpaired) electrons. The van der Waals surface area contributed by atoms with Gasteiger partial charge in [0.05, 0.1) is 30.5 Å². The van der Waals surface area contributed by atoms with Gasteiger partial charge in [-0.1, -0.05) is 0 Å². The molecule has 0 amide bonds. The second-order valence-corrected chi connectivity index (χ2v) is 8.11. The van der Waals surface area contributed by atoms with Crippen LogP contribution in [0.5, 0.6) is 0 Å². The van der Waals surface area contributed by atoms with Crippen molar-refractivity contribution in [3.05, 3.63) is 0 Å². The Bertz CT molecular complexity index is 71.1. The third-order valence-electron chi connectivity index (χ3n) is 2.57. The zero-order chi connectivity index (χ0) is 8.04. The molecule has 0 aliphatic rings. The van der Waals surface area contributed by atoms with E-state index in [9.17, 15) is 0 Å². The molecule has 2 heteroatoms. The first kappa shape index (κ1) is 10.7. The van der Waals surface area contributed by atoms with Gasteiger partial charge < -0.3 is 0 Å². The van der Waals surface area contributed by atoms with Crippen LogP contribution in [-0.2, 0) is 0 Å². The molecule has 0 fully saturated rings. The van der Waals surface area contributed by atoms with E-state index < -0.39 is 7.26 Å². The first-order chi connectivity index (χ1) is 4.74. The molecule has 0 rings (SSSR count). The van der Waals surface area contributed by atoms with Crippen LogP contribution in [-0.4, -0.2) is 30.5 Å². The summed E-state index contributed by atoms with van der Waals surface area (Å²) in [6, 6.07) is 0. The zero-order valence-corrected chi connectivity index (χ0v) is 9.01. The summed E-state index contributed by atoms with van der Waals surface area (Å²) in [5.74, 6) is 0.864. The Hall–Kier alpha value is 0.720. The van der Waals surface area contributed by atoms with E-state index in [2.05, 4.69) is 20.8 Å². The van der Waals surface area contributed by atoms with E-state index in [-0.39, 0.29) is 0 Å². The van der Waals surface area contributed by atoms with Gasteiger partial charge in [-0.05, 0) is 20.8 Å². The average Bonchev–Trinajstić information content (AvgIpc) is 2.01. The first-order valence-corrected chi connectivity index (χ1v) is 7.22. The molecule has 0 unspecified atom stereocenters. The Labute approximate surface area is 70.7 Å². The third-order valence-corrected chi connectivity index (χ3v) is 8.22. The lowest BCUT2D eigenvalue weighted by Crippen LogP contribution is -2.07. The van der Waals surface area contributed by atoms with Crippen LogP contribution in [0.4, 0.5) is 0 Å². The molecule has 0 aromatic heterocycles. The highest BCUT2D eigenvalue weighted by atomic mass is 35.5. The molecule has 0 bridgehead atoms. The second kappa shape index (κ2) is 5.38. The van der Waals surface area contributed by atoms with Crippen LogP contribution in [0.25, 0.3) is 0 Å².